The Labute approximate surface area is 208 Å². The lowest BCUT2D eigenvalue weighted by Gasteiger charge is -2.21. The number of benzene rings is 1. The second-order valence-electron chi connectivity index (χ2n) is 9.05. The topological polar surface area (TPSA) is 84.5 Å². The summed E-state index contributed by atoms with van der Waals surface area (Å²) in [5.41, 5.74) is 6.21. The van der Waals surface area contributed by atoms with E-state index in [1.165, 1.54) is 5.56 Å². The number of fused-ring (bicyclic) bond motifs is 1. The van der Waals surface area contributed by atoms with Gasteiger partial charge < -0.3 is 4.90 Å². The maximum atomic E-state index is 13.2. The Hall–Kier alpha value is -4.53. The molecule has 0 radical (unpaired) electrons. The minimum Gasteiger partial charge on any atom is -0.359 e. The Bertz CT molecular complexity index is 1510. The molecular formula is C27H26N8O. The van der Waals surface area contributed by atoms with Crippen molar-refractivity contribution in [2.75, 3.05) is 29.4 Å². The summed E-state index contributed by atoms with van der Waals surface area (Å²) in [6.45, 7) is 1.58. The monoisotopic (exact) mass is 478 g/mol. The molecule has 5 heterocycles. The standard InChI is InChI=1S/C27H26N8O/c1-32-17-23(15-30-32)22-8-9-24-25(16-31-35(24)18-22)33-10-5-11-34(26(36)19-33)27-28-13-21(14-29-27)12-20-6-3-2-4-7-20/h2-4,6-9,13-18H,5,10-12,19H2,1H3. The van der Waals surface area contributed by atoms with Gasteiger partial charge in [-0.15, -0.1) is 0 Å². The molecule has 0 N–H and O–H groups in total. The zero-order valence-corrected chi connectivity index (χ0v) is 20.0. The zero-order chi connectivity index (χ0) is 24.5. The van der Waals surface area contributed by atoms with Crippen LogP contribution in [0.15, 0.2) is 79.6 Å². The molecule has 1 saturated heterocycles. The number of anilines is 2. The van der Waals surface area contributed by atoms with E-state index >= 15 is 0 Å². The van der Waals surface area contributed by atoms with Crippen molar-refractivity contribution in [2.45, 2.75) is 12.8 Å². The first kappa shape index (κ1) is 22.0. The van der Waals surface area contributed by atoms with E-state index in [2.05, 4.69) is 43.3 Å². The fourth-order valence-corrected chi connectivity index (χ4v) is 4.65. The van der Waals surface area contributed by atoms with E-state index in [9.17, 15) is 4.79 Å². The molecule has 1 aliphatic heterocycles. The van der Waals surface area contributed by atoms with Gasteiger partial charge in [-0.2, -0.15) is 10.2 Å². The van der Waals surface area contributed by atoms with Gasteiger partial charge in [0, 0.05) is 62.5 Å². The summed E-state index contributed by atoms with van der Waals surface area (Å²) in [4.78, 5) is 26.1. The number of rotatable bonds is 5. The summed E-state index contributed by atoms with van der Waals surface area (Å²) >= 11 is 0. The molecule has 4 aromatic heterocycles. The quantitative estimate of drug-likeness (QED) is 0.385. The first-order valence-electron chi connectivity index (χ1n) is 12.0. The molecule has 1 aromatic carbocycles. The summed E-state index contributed by atoms with van der Waals surface area (Å²) in [6.07, 6.45) is 12.8. The molecule has 0 saturated carbocycles. The minimum absolute atomic E-state index is 0.0189. The van der Waals surface area contributed by atoms with Crippen LogP contribution in [-0.4, -0.2) is 54.9 Å². The van der Waals surface area contributed by atoms with E-state index in [0.717, 1.165) is 47.3 Å². The van der Waals surface area contributed by atoms with Crippen LogP contribution in [0.3, 0.4) is 0 Å². The molecule has 0 spiro atoms. The van der Waals surface area contributed by atoms with Gasteiger partial charge in [-0.3, -0.25) is 14.4 Å². The largest absolute Gasteiger partial charge is 0.359 e. The van der Waals surface area contributed by atoms with E-state index in [4.69, 9.17) is 0 Å². The normalized spacial score (nSPS) is 14.4. The number of pyridine rings is 1. The van der Waals surface area contributed by atoms with Gasteiger partial charge in [0.1, 0.15) is 0 Å². The highest BCUT2D eigenvalue weighted by Crippen LogP contribution is 2.27. The van der Waals surface area contributed by atoms with Gasteiger partial charge in [-0.05, 0) is 23.6 Å². The van der Waals surface area contributed by atoms with Gasteiger partial charge in [-0.1, -0.05) is 36.4 Å². The lowest BCUT2D eigenvalue weighted by molar-refractivity contribution is -0.117. The lowest BCUT2D eigenvalue weighted by Crippen LogP contribution is -2.37. The van der Waals surface area contributed by atoms with Crippen LogP contribution in [0.4, 0.5) is 11.6 Å². The molecule has 9 heteroatoms. The van der Waals surface area contributed by atoms with E-state index in [1.54, 1.807) is 9.58 Å². The van der Waals surface area contributed by atoms with Crippen LogP contribution in [0.5, 0.6) is 0 Å². The van der Waals surface area contributed by atoms with Crippen molar-refractivity contribution in [1.29, 1.82) is 0 Å². The minimum atomic E-state index is -0.0189. The number of aromatic nitrogens is 6. The summed E-state index contributed by atoms with van der Waals surface area (Å²) in [6, 6.07) is 14.3. The van der Waals surface area contributed by atoms with Crippen LogP contribution in [0.1, 0.15) is 17.5 Å². The van der Waals surface area contributed by atoms with E-state index < -0.39 is 0 Å². The highest BCUT2D eigenvalue weighted by atomic mass is 16.2. The molecule has 1 fully saturated rings. The molecule has 6 rings (SSSR count). The third-order valence-electron chi connectivity index (χ3n) is 6.50. The Morgan fingerprint density at radius 3 is 2.44 bits per heavy atom. The van der Waals surface area contributed by atoms with Gasteiger partial charge in [0.15, 0.2) is 0 Å². The molecule has 1 amide bonds. The third kappa shape index (κ3) is 4.31. The van der Waals surface area contributed by atoms with Crippen LogP contribution >= 0.6 is 0 Å². The highest BCUT2D eigenvalue weighted by molar-refractivity contribution is 5.96. The summed E-state index contributed by atoms with van der Waals surface area (Å²) in [5.74, 6) is 0.439. The van der Waals surface area contributed by atoms with Gasteiger partial charge in [0.05, 0.1) is 30.1 Å². The average Bonchev–Trinajstić information content (AvgIpc) is 3.48. The van der Waals surface area contributed by atoms with Crippen molar-refractivity contribution in [3.63, 3.8) is 0 Å². The Kier molecular flexibility index (Phi) is 5.65. The fraction of sp³-hybridized carbons (Fsp3) is 0.222. The van der Waals surface area contributed by atoms with E-state index in [-0.39, 0.29) is 12.5 Å². The van der Waals surface area contributed by atoms with Gasteiger partial charge >= 0.3 is 0 Å². The van der Waals surface area contributed by atoms with Crippen LogP contribution < -0.4 is 9.80 Å². The Morgan fingerprint density at radius 2 is 1.67 bits per heavy atom. The zero-order valence-electron chi connectivity index (χ0n) is 20.0. The number of carbonyl (C=O) groups is 1. The maximum Gasteiger partial charge on any atom is 0.248 e. The third-order valence-corrected chi connectivity index (χ3v) is 6.50. The molecule has 9 nitrogen and oxygen atoms in total. The second-order valence-corrected chi connectivity index (χ2v) is 9.05. The maximum absolute atomic E-state index is 13.2. The van der Waals surface area contributed by atoms with Crippen LogP contribution in [-0.2, 0) is 18.3 Å². The van der Waals surface area contributed by atoms with Gasteiger partial charge in [0.2, 0.25) is 11.9 Å². The van der Waals surface area contributed by atoms with Crippen molar-refractivity contribution < 1.29 is 4.79 Å². The molecule has 36 heavy (non-hydrogen) atoms. The van der Waals surface area contributed by atoms with Gasteiger partial charge in [-0.25, -0.2) is 14.5 Å². The van der Waals surface area contributed by atoms with Crippen LogP contribution in [0.2, 0.25) is 0 Å². The van der Waals surface area contributed by atoms with Crippen molar-refractivity contribution in [3.05, 3.63) is 90.8 Å². The molecule has 0 unspecified atom stereocenters. The van der Waals surface area contributed by atoms with Crippen molar-refractivity contribution in [3.8, 4) is 11.1 Å². The van der Waals surface area contributed by atoms with Crippen molar-refractivity contribution in [2.24, 2.45) is 7.05 Å². The predicted molar refractivity (Wildman–Crippen MR) is 138 cm³/mol. The molecule has 0 bridgehead atoms. The fourth-order valence-electron chi connectivity index (χ4n) is 4.65. The summed E-state index contributed by atoms with van der Waals surface area (Å²) in [7, 11) is 1.90. The number of nitrogens with zero attached hydrogens (tertiary/aromatic N) is 8. The summed E-state index contributed by atoms with van der Waals surface area (Å²) < 4.78 is 3.64. The molecule has 1 aliphatic rings. The van der Waals surface area contributed by atoms with Crippen molar-refractivity contribution >= 4 is 23.1 Å². The Balaban J connectivity index is 1.18. The van der Waals surface area contributed by atoms with Crippen LogP contribution in [0, 0.1) is 0 Å². The number of amides is 1. The first-order chi connectivity index (χ1) is 17.6. The number of aryl methyl sites for hydroxylation is 1. The molecule has 0 aliphatic carbocycles. The van der Waals surface area contributed by atoms with Crippen molar-refractivity contribution in [1.82, 2.24) is 29.4 Å². The molecular weight excluding hydrogens is 452 g/mol. The van der Waals surface area contributed by atoms with E-state index in [0.29, 0.717) is 12.5 Å². The van der Waals surface area contributed by atoms with Gasteiger partial charge in [0.25, 0.3) is 0 Å². The summed E-state index contributed by atoms with van der Waals surface area (Å²) in [5, 5.41) is 8.81. The molecule has 5 aromatic rings. The average molecular weight is 479 g/mol. The number of hydrogen-bond acceptors (Lipinski definition) is 6. The highest BCUT2D eigenvalue weighted by Gasteiger charge is 2.26. The van der Waals surface area contributed by atoms with E-state index in [1.807, 2.05) is 73.0 Å². The molecule has 0 atom stereocenters. The molecule has 180 valence electrons. The predicted octanol–water partition coefficient (Wildman–Crippen LogP) is 3.36. The van der Waals surface area contributed by atoms with Crippen LogP contribution in [0.25, 0.3) is 16.6 Å². The lowest BCUT2D eigenvalue weighted by atomic mass is 10.1. The number of hydrogen-bond donors (Lipinski definition) is 0. The second kappa shape index (κ2) is 9.26. The Morgan fingerprint density at radius 1 is 0.833 bits per heavy atom. The first-order valence-corrected chi connectivity index (χ1v) is 12.0. The smallest absolute Gasteiger partial charge is 0.248 e. The SMILES string of the molecule is Cn1cc(-c2ccc3c(N4CCCN(c5ncc(Cc6ccccc6)cn5)C(=O)C4)cnn3c2)cn1. The number of carbonyl (C=O) groups excluding carboxylic acids is 1.